The number of aliphatic hydroxyl groups is 1. The number of hydrazine groups is 1. The van der Waals surface area contributed by atoms with Crippen LogP contribution in [0.3, 0.4) is 0 Å². The van der Waals surface area contributed by atoms with Gasteiger partial charge in [0.25, 0.3) is 5.91 Å². The number of fused-ring (bicyclic) bond motifs is 1. The van der Waals surface area contributed by atoms with Crippen LogP contribution < -0.4 is 16.1 Å². The first-order valence-electron chi connectivity index (χ1n) is 20.8. The predicted molar refractivity (Wildman–Crippen MR) is 245 cm³/mol. The summed E-state index contributed by atoms with van der Waals surface area (Å²) in [4.78, 5) is 64.6. The summed E-state index contributed by atoms with van der Waals surface area (Å²) < 4.78 is 15.3. The highest BCUT2D eigenvalue weighted by atomic mass is 35.6. The molecule has 1 saturated heterocycles. The van der Waals surface area contributed by atoms with Gasteiger partial charge in [-0.25, -0.2) is 10.2 Å². The standard InChI is InChI=1S/C44H65Cl3N4O10Si/c1-27(2)35(36(53)48-28(3)37(54)51-22-12-13-33(50-51)38(55)59-26-44(45,46)47)49-40(58)61-42(7,8)20-19-34(52)31-17-16-30-15-14-29(23-32(30)24-31)18-21-43(9,39(56)57)25-60-62(10,11)41(4,5)6/h14-18,21,23-24,27-28,33-35,50,52H,12-13,19-20,22,25-26H2,1-11H3,(H,48,53)(H,49,58)(H,56,57)/b21-18+/t28-,33-,34+,35-,43?/m0/s1. The van der Waals surface area contributed by atoms with Crippen molar-refractivity contribution in [1.82, 2.24) is 21.1 Å². The molecule has 14 nitrogen and oxygen atoms in total. The van der Waals surface area contributed by atoms with E-state index in [0.29, 0.717) is 18.4 Å². The zero-order valence-electron chi connectivity index (χ0n) is 37.7. The number of halogens is 3. The van der Waals surface area contributed by atoms with Crippen LogP contribution in [0.2, 0.25) is 18.1 Å². The summed E-state index contributed by atoms with van der Waals surface area (Å²) in [5.74, 6) is -3.16. The lowest BCUT2D eigenvalue weighted by molar-refractivity contribution is -0.153. The Bertz CT molecular complexity index is 1950. The third-order valence-corrected chi connectivity index (χ3v) is 16.2. The first-order chi connectivity index (χ1) is 28.4. The van der Waals surface area contributed by atoms with Crippen molar-refractivity contribution in [3.8, 4) is 0 Å². The number of carbonyl (C=O) groups excluding carboxylic acids is 4. The molecule has 3 amide bonds. The molecule has 0 spiro atoms. The Morgan fingerprint density at radius 3 is 2.19 bits per heavy atom. The molecule has 1 aliphatic rings. The molecule has 0 radical (unpaired) electrons. The number of carboxylic acid groups (broad SMARTS) is 1. The van der Waals surface area contributed by atoms with Crippen LogP contribution in [-0.2, 0) is 33.1 Å². The highest BCUT2D eigenvalue weighted by Crippen LogP contribution is 2.38. The maximum Gasteiger partial charge on any atom is 0.408 e. The Kier molecular flexibility index (Phi) is 18.3. The number of rotatable bonds is 18. The van der Waals surface area contributed by atoms with Gasteiger partial charge < -0.3 is 34.7 Å². The summed E-state index contributed by atoms with van der Waals surface area (Å²) in [5, 5.41) is 29.6. The summed E-state index contributed by atoms with van der Waals surface area (Å²) in [6.45, 7) is 20.4. The second kappa shape index (κ2) is 21.5. The van der Waals surface area contributed by atoms with Crippen LogP contribution in [0.5, 0.6) is 0 Å². The van der Waals surface area contributed by atoms with E-state index in [1.54, 1.807) is 46.8 Å². The largest absolute Gasteiger partial charge is 0.481 e. The van der Waals surface area contributed by atoms with Crippen LogP contribution in [0, 0.1) is 11.3 Å². The number of alkyl carbamates (subject to hydrolysis) is 1. The van der Waals surface area contributed by atoms with Crippen LogP contribution in [0.1, 0.15) is 105 Å². The first-order valence-corrected chi connectivity index (χ1v) is 24.9. The van der Waals surface area contributed by atoms with Crippen molar-refractivity contribution in [2.45, 2.75) is 140 Å². The number of aliphatic carboxylic acids is 1. The molecular weight excluding hydrogens is 879 g/mol. The van der Waals surface area contributed by atoms with E-state index >= 15 is 0 Å². The molecule has 2 aromatic rings. The molecule has 346 valence electrons. The number of alkyl halides is 3. The molecule has 2 aromatic carbocycles. The molecule has 5 atom stereocenters. The fourth-order valence-electron chi connectivity index (χ4n) is 6.21. The van der Waals surface area contributed by atoms with Crippen LogP contribution in [0.15, 0.2) is 42.5 Å². The van der Waals surface area contributed by atoms with Gasteiger partial charge >= 0.3 is 18.0 Å². The van der Waals surface area contributed by atoms with Crippen molar-refractivity contribution in [3.63, 3.8) is 0 Å². The number of hydrogen-bond acceptors (Lipinski definition) is 10. The van der Waals surface area contributed by atoms with Crippen LogP contribution >= 0.6 is 34.8 Å². The quantitative estimate of drug-likeness (QED) is 0.0550. The van der Waals surface area contributed by atoms with Gasteiger partial charge in [0.15, 0.2) is 8.32 Å². The summed E-state index contributed by atoms with van der Waals surface area (Å²) in [7, 11) is -2.18. The highest BCUT2D eigenvalue weighted by Gasteiger charge is 2.41. The van der Waals surface area contributed by atoms with Crippen molar-refractivity contribution in [2.75, 3.05) is 19.8 Å². The molecule has 0 bridgehead atoms. The molecular formula is C44H65Cl3N4O10Si. The Hall–Kier alpha value is -3.44. The lowest BCUT2D eigenvalue weighted by atomic mass is 9.90. The number of aliphatic hydroxyl groups excluding tert-OH is 1. The minimum Gasteiger partial charge on any atom is -0.481 e. The second-order valence-electron chi connectivity index (χ2n) is 18.8. The highest BCUT2D eigenvalue weighted by molar-refractivity contribution is 6.74. The molecule has 1 unspecified atom stereocenters. The smallest absolute Gasteiger partial charge is 0.408 e. The van der Waals surface area contributed by atoms with Gasteiger partial charge in [0.1, 0.15) is 35.7 Å². The van der Waals surface area contributed by atoms with E-state index < -0.39 is 83.8 Å². The van der Waals surface area contributed by atoms with E-state index in [1.807, 2.05) is 36.4 Å². The summed E-state index contributed by atoms with van der Waals surface area (Å²) in [6.07, 6.45) is 3.11. The number of esters is 1. The van der Waals surface area contributed by atoms with Crippen LogP contribution in [-0.4, -0.2) is 101 Å². The Morgan fingerprint density at radius 1 is 0.952 bits per heavy atom. The van der Waals surface area contributed by atoms with Gasteiger partial charge in [-0.15, -0.1) is 0 Å². The third-order valence-electron chi connectivity index (χ3n) is 11.4. The molecule has 3 rings (SSSR count). The van der Waals surface area contributed by atoms with Crippen molar-refractivity contribution >= 4 is 89.8 Å². The zero-order chi connectivity index (χ0) is 47.0. The molecule has 0 aliphatic carbocycles. The van der Waals surface area contributed by atoms with Crippen LogP contribution in [0.25, 0.3) is 16.8 Å². The molecule has 18 heteroatoms. The molecule has 0 saturated carbocycles. The monoisotopic (exact) mass is 942 g/mol. The first kappa shape index (κ1) is 52.9. The normalized spacial score (nSPS) is 17.9. The number of amides is 3. The lowest BCUT2D eigenvalue weighted by Crippen LogP contribution is -2.61. The van der Waals surface area contributed by atoms with Gasteiger partial charge in [0.05, 0.1) is 12.7 Å². The summed E-state index contributed by atoms with van der Waals surface area (Å²) in [6, 6.07) is 8.48. The van der Waals surface area contributed by atoms with E-state index in [-0.39, 0.29) is 36.9 Å². The number of carboxylic acids is 1. The molecule has 0 aromatic heterocycles. The topological polar surface area (TPSA) is 193 Å². The van der Waals surface area contributed by atoms with Crippen LogP contribution in [0.4, 0.5) is 4.79 Å². The molecule has 1 aliphatic heterocycles. The summed E-state index contributed by atoms with van der Waals surface area (Å²) in [5.41, 5.74) is 2.00. The number of nitrogens with zero attached hydrogens (tertiary/aromatic N) is 1. The predicted octanol–water partition coefficient (Wildman–Crippen LogP) is 8.22. The van der Waals surface area contributed by atoms with Crippen molar-refractivity contribution in [3.05, 3.63) is 53.6 Å². The Morgan fingerprint density at radius 2 is 1.60 bits per heavy atom. The number of carbonyl (C=O) groups is 5. The van der Waals surface area contributed by atoms with Gasteiger partial charge in [-0.2, -0.15) is 0 Å². The third kappa shape index (κ3) is 15.7. The van der Waals surface area contributed by atoms with Gasteiger partial charge in [-0.3, -0.25) is 24.2 Å². The second-order valence-corrected chi connectivity index (χ2v) is 26.1. The average molecular weight is 944 g/mol. The van der Waals surface area contributed by atoms with Crippen molar-refractivity contribution in [2.24, 2.45) is 11.3 Å². The van der Waals surface area contributed by atoms with E-state index in [1.165, 1.54) is 11.9 Å². The molecule has 62 heavy (non-hydrogen) atoms. The van der Waals surface area contributed by atoms with Crippen molar-refractivity contribution < 1.29 is 48.1 Å². The minimum absolute atomic E-state index is 0.0564. The van der Waals surface area contributed by atoms with E-state index in [4.69, 9.17) is 48.7 Å². The molecule has 1 fully saturated rings. The fourth-order valence-corrected chi connectivity index (χ4v) is 7.47. The zero-order valence-corrected chi connectivity index (χ0v) is 41.0. The number of nitrogens with one attached hydrogen (secondary N) is 3. The van der Waals surface area contributed by atoms with E-state index in [0.717, 1.165) is 16.3 Å². The maximum absolute atomic E-state index is 13.4. The summed E-state index contributed by atoms with van der Waals surface area (Å²) >= 11 is 17.0. The number of ether oxygens (including phenoxy) is 2. The average Bonchev–Trinajstić information content (AvgIpc) is 3.17. The Labute approximate surface area is 381 Å². The van der Waals surface area contributed by atoms with Gasteiger partial charge in [-0.1, -0.05) is 106 Å². The lowest BCUT2D eigenvalue weighted by Gasteiger charge is -2.38. The van der Waals surface area contributed by atoms with E-state index in [2.05, 4.69) is 49.9 Å². The van der Waals surface area contributed by atoms with Gasteiger partial charge in [0, 0.05) is 6.54 Å². The molecule has 5 N–H and O–H groups in total. The van der Waals surface area contributed by atoms with Gasteiger partial charge in [-0.05, 0) is 111 Å². The maximum atomic E-state index is 13.4. The molecule has 1 heterocycles. The van der Waals surface area contributed by atoms with Gasteiger partial charge in [0.2, 0.25) is 9.70 Å². The fraction of sp³-hybridized carbons (Fsp3) is 0.614. The number of benzene rings is 2. The van der Waals surface area contributed by atoms with E-state index in [9.17, 15) is 34.2 Å². The minimum atomic E-state index is -2.18. The SMILES string of the molecule is CC(C)[C@H](NC(=O)OC(C)(C)CC[C@@H](O)c1ccc2ccc(/C=C/C(C)(CO[Si](C)(C)C(C)(C)C)C(=O)O)cc2c1)C(=O)N[C@@H](C)C(=O)N1CCC[C@@H](C(=O)OCC(Cl)(Cl)Cl)N1. The van der Waals surface area contributed by atoms with Crippen molar-refractivity contribution in [1.29, 1.82) is 0 Å². The Balaban J connectivity index is 1.59. The number of hydrogen-bond donors (Lipinski definition) is 5.